The summed E-state index contributed by atoms with van der Waals surface area (Å²) >= 11 is 0. The molecular formula is C25H23N3O3. The Kier molecular flexibility index (Phi) is 6.08. The molecule has 0 radical (unpaired) electrons. The maximum Gasteiger partial charge on any atom is 0.302 e. The van der Waals surface area contributed by atoms with E-state index >= 15 is 0 Å². The van der Waals surface area contributed by atoms with Crippen molar-refractivity contribution in [1.29, 1.82) is 0 Å². The molecule has 1 aromatic heterocycles. The number of aromatic nitrogens is 1. The van der Waals surface area contributed by atoms with E-state index in [4.69, 9.17) is 4.74 Å². The average molecular weight is 413 g/mol. The predicted molar refractivity (Wildman–Crippen MR) is 120 cm³/mol. The second-order valence-electron chi connectivity index (χ2n) is 7.28. The number of carbonyl (C=O) groups is 1. The summed E-state index contributed by atoms with van der Waals surface area (Å²) in [5.41, 5.74) is 3.34. The fourth-order valence-electron chi connectivity index (χ4n) is 3.47. The van der Waals surface area contributed by atoms with Crippen LogP contribution in [0.2, 0.25) is 0 Å². The number of aromatic hydroxyl groups is 1. The van der Waals surface area contributed by atoms with Gasteiger partial charge in [-0.05, 0) is 42.7 Å². The van der Waals surface area contributed by atoms with Crippen molar-refractivity contribution in [1.82, 2.24) is 4.57 Å². The number of carbonyl (C=O) groups excluding carboxylic acids is 1. The minimum absolute atomic E-state index is 0.00622. The fraction of sp³-hybridized carbons (Fsp3) is 0.160. The Labute approximate surface area is 180 Å². The van der Waals surface area contributed by atoms with Crippen LogP contribution >= 0.6 is 0 Å². The summed E-state index contributed by atoms with van der Waals surface area (Å²) in [6.07, 6.45) is 0.757. The number of hydrogen-bond donors (Lipinski definition) is 1. The summed E-state index contributed by atoms with van der Waals surface area (Å²) in [6.45, 7) is 2.31. The highest BCUT2D eigenvalue weighted by atomic mass is 16.5. The van der Waals surface area contributed by atoms with Gasteiger partial charge in [-0.25, -0.2) is 0 Å². The summed E-state index contributed by atoms with van der Waals surface area (Å²) < 4.78 is 7.27. The molecule has 156 valence electrons. The van der Waals surface area contributed by atoms with Gasteiger partial charge in [0, 0.05) is 11.9 Å². The molecule has 0 spiro atoms. The molecule has 0 unspecified atom stereocenters. The smallest absolute Gasteiger partial charge is 0.302 e. The van der Waals surface area contributed by atoms with Gasteiger partial charge in [-0.2, -0.15) is 0 Å². The van der Waals surface area contributed by atoms with Crippen LogP contribution in [0.5, 0.6) is 11.6 Å². The molecule has 1 heterocycles. The molecule has 6 nitrogen and oxygen atoms in total. The van der Waals surface area contributed by atoms with E-state index in [1.165, 1.54) is 5.56 Å². The molecule has 0 atom stereocenters. The zero-order valence-electron chi connectivity index (χ0n) is 17.2. The minimum Gasteiger partial charge on any atom is -0.493 e. The lowest BCUT2D eigenvalue weighted by atomic mass is 10.1. The fourth-order valence-corrected chi connectivity index (χ4v) is 3.47. The van der Waals surface area contributed by atoms with Gasteiger partial charge in [0.05, 0.1) is 5.52 Å². The minimum atomic E-state index is -0.526. The SMILES string of the molecule is Cc1cccc(OCC(=O)N=Nc2c(O)n(CCc3ccccc3)c3ccccc23)c1. The highest BCUT2D eigenvalue weighted by Crippen LogP contribution is 2.38. The Morgan fingerprint density at radius 3 is 2.58 bits per heavy atom. The Hall–Kier alpha value is -3.93. The molecule has 0 saturated carbocycles. The number of benzene rings is 3. The molecule has 4 aromatic rings. The third-order valence-corrected chi connectivity index (χ3v) is 5.00. The third kappa shape index (κ3) is 4.80. The first-order chi connectivity index (χ1) is 15.1. The molecule has 0 saturated heterocycles. The number of fused-ring (bicyclic) bond motifs is 1. The lowest BCUT2D eigenvalue weighted by molar-refractivity contribution is -0.120. The Morgan fingerprint density at radius 1 is 1.00 bits per heavy atom. The van der Waals surface area contributed by atoms with Gasteiger partial charge >= 0.3 is 5.91 Å². The van der Waals surface area contributed by atoms with Gasteiger partial charge < -0.3 is 14.4 Å². The summed E-state index contributed by atoms with van der Waals surface area (Å²) in [5, 5.41) is 19.4. The summed E-state index contributed by atoms with van der Waals surface area (Å²) in [5.74, 6) is 0.0687. The largest absolute Gasteiger partial charge is 0.493 e. The van der Waals surface area contributed by atoms with Crippen LogP contribution in [0.15, 0.2) is 89.1 Å². The summed E-state index contributed by atoms with van der Waals surface area (Å²) in [4.78, 5) is 12.2. The van der Waals surface area contributed by atoms with Crippen molar-refractivity contribution in [2.24, 2.45) is 10.2 Å². The number of para-hydroxylation sites is 1. The molecule has 31 heavy (non-hydrogen) atoms. The van der Waals surface area contributed by atoms with Crippen molar-refractivity contribution < 1.29 is 14.6 Å². The average Bonchev–Trinajstić information content (AvgIpc) is 3.06. The van der Waals surface area contributed by atoms with Gasteiger partial charge in [0.25, 0.3) is 0 Å². The van der Waals surface area contributed by atoms with E-state index in [9.17, 15) is 9.90 Å². The predicted octanol–water partition coefficient (Wildman–Crippen LogP) is 5.59. The first-order valence-corrected chi connectivity index (χ1v) is 10.1. The van der Waals surface area contributed by atoms with Crippen molar-refractivity contribution in [3.63, 3.8) is 0 Å². The van der Waals surface area contributed by atoms with Crippen molar-refractivity contribution in [2.45, 2.75) is 19.9 Å². The Bertz CT molecular complexity index is 1230. The summed E-state index contributed by atoms with van der Waals surface area (Å²) in [6, 6.07) is 25.0. The number of aryl methyl sites for hydroxylation is 3. The maximum absolute atomic E-state index is 12.2. The Morgan fingerprint density at radius 2 is 1.77 bits per heavy atom. The molecule has 0 aliphatic carbocycles. The van der Waals surface area contributed by atoms with E-state index < -0.39 is 5.91 Å². The van der Waals surface area contributed by atoms with Crippen LogP contribution in [0.3, 0.4) is 0 Å². The quantitative estimate of drug-likeness (QED) is 0.401. The molecular weight excluding hydrogens is 390 g/mol. The van der Waals surface area contributed by atoms with Crippen LogP contribution in [0.25, 0.3) is 10.9 Å². The third-order valence-electron chi connectivity index (χ3n) is 5.00. The first-order valence-electron chi connectivity index (χ1n) is 10.1. The van der Waals surface area contributed by atoms with Crippen molar-refractivity contribution in [3.8, 4) is 11.6 Å². The van der Waals surface area contributed by atoms with Gasteiger partial charge in [0.1, 0.15) is 5.75 Å². The number of nitrogens with zero attached hydrogens (tertiary/aromatic N) is 3. The first kappa shape index (κ1) is 20.3. The number of ether oxygens (including phenoxy) is 1. The molecule has 0 aliphatic rings. The van der Waals surface area contributed by atoms with Gasteiger partial charge in [-0.1, -0.05) is 60.7 Å². The lowest BCUT2D eigenvalue weighted by Crippen LogP contribution is -2.07. The molecule has 1 N–H and O–H groups in total. The number of azo groups is 1. The van der Waals surface area contributed by atoms with Crippen LogP contribution in [0.1, 0.15) is 11.1 Å². The molecule has 4 rings (SSSR count). The van der Waals surface area contributed by atoms with E-state index in [1.54, 1.807) is 10.6 Å². The molecule has 0 bridgehead atoms. The highest BCUT2D eigenvalue weighted by molar-refractivity contribution is 5.95. The van der Waals surface area contributed by atoms with E-state index in [-0.39, 0.29) is 18.2 Å². The number of amides is 1. The number of rotatable bonds is 7. The zero-order valence-corrected chi connectivity index (χ0v) is 17.2. The molecule has 1 amide bonds. The van der Waals surface area contributed by atoms with E-state index in [1.807, 2.05) is 67.6 Å². The van der Waals surface area contributed by atoms with Crippen LogP contribution in [-0.4, -0.2) is 22.2 Å². The molecule has 0 aliphatic heterocycles. The van der Waals surface area contributed by atoms with Crippen LogP contribution < -0.4 is 4.74 Å². The second-order valence-corrected chi connectivity index (χ2v) is 7.28. The Balaban J connectivity index is 1.51. The lowest BCUT2D eigenvalue weighted by Gasteiger charge is -2.07. The zero-order chi connectivity index (χ0) is 21.6. The highest BCUT2D eigenvalue weighted by Gasteiger charge is 2.16. The van der Waals surface area contributed by atoms with Crippen molar-refractivity contribution in [2.75, 3.05) is 6.61 Å². The van der Waals surface area contributed by atoms with E-state index in [2.05, 4.69) is 22.4 Å². The van der Waals surface area contributed by atoms with Crippen molar-refractivity contribution in [3.05, 3.63) is 90.0 Å². The van der Waals surface area contributed by atoms with Gasteiger partial charge in [-0.15, -0.1) is 10.2 Å². The van der Waals surface area contributed by atoms with E-state index in [0.29, 0.717) is 12.3 Å². The number of hydrogen-bond acceptors (Lipinski definition) is 4. The van der Waals surface area contributed by atoms with E-state index in [0.717, 1.165) is 22.9 Å². The van der Waals surface area contributed by atoms with Crippen LogP contribution in [0, 0.1) is 6.92 Å². The van der Waals surface area contributed by atoms with Gasteiger partial charge in [-0.3, -0.25) is 4.79 Å². The van der Waals surface area contributed by atoms with Crippen LogP contribution in [0.4, 0.5) is 5.69 Å². The summed E-state index contributed by atoms with van der Waals surface area (Å²) in [7, 11) is 0. The van der Waals surface area contributed by atoms with Crippen molar-refractivity contribution >= 4 is 22.5 Å². The van der Waals surface area contributed by atoms with Gasteiger partial charge in [0.2, 0.25) is 5.88 Å². The standard InChI is InChI=1S/C25H23N3O3/c1-18-8-7-11-20(16-18)31-17-23(29)26-27-24-21-12-5-6-13-22(21)28(25(24)30)15-14-19-9-3-2-4-10-19/h2-13,16,30H,14-15,17H2,1H3. The second kappa shape index (κ2) is 9.26. The normalized spacial score (nSPS) is 11.3. The monoisotopic (exact) mass is 413 g/mol. The topological polar surface area (TPSA) is 76.2 Å². The molecule has 6 heteroatoms. The molecule has 0 fully saturated rings. The maximum atomic E-state index is 12.2. The molecule has 3 aromatic carbocycles. The van der Waals surface area contributed by atoms with Gasteiger partial charge in [0.15, 0.2) is 12.3 Å². The van der Waals surface area contributed by atoms with Crippen LogP contribution in [-0.2, 0) is 17.8 Å².